The maximum absolute atomic E-state index is 12.3. The van der Waals surface area contributed by atoms with E-state index in [4.69, 9.17) is 5.26 Å². The van der Waals surface area contributed by atoms with Crippen molar-refractivity contribution in [2.75, 3.05) is 0 Å². The second-order valence-corrected chi connectivity index (χ2v) is 7.63. The molecule has 112 valence electrons. The molecule has 2 rings (SSSR count). The molecule has 21 heavy (non-hydrogen) atoms. The third-order valence-corrected chi connectivity index (χ3v) is 4.02. The number of nitriles is 1. The van der Waals surface area contributed by atoms with Crippen LogP contribution in [0, 0.1) is 22.2 Å². The van der Waals surface area contributed by atoms with Gasteiger partial charge in [0.15, 0.2) is 0 Å². The number of carbonyl (C=O) groups is 1. The lowest BCUT2D eigenvalue weighted by molar-refractivity contribution is 0.0710. The van der Waals surface area contributed by atoms with Gasteiger partial charge in [0.1, 0.15) is 11.8 Å². The molecule has 0 aliphatic heterocycles. The van der Waals surface area contributed by atoms with Crippen molar-refractivity contribution in [2.24, 2.45) is 10.8 Å². The number of hydrogen-bond donors (Lipinski definition) is 1. The minimum absolute atomic E-state index is 0.155. The molecule has 1 aromatic heterocycles. The van der Waals surface area contributed by atoms with Gasteiger partial charge in [0.2, 0.25) is 0 Å². The standard InChI is InChI=1S/C17H23N3O/c1-16(2)7-13(8-17(3,4)11-16)20-15(21)14-6-5-12(9-18)10-19-14/h5-6,10,13H,7-8,11H2,1-4H3,(H,20,21). The van der Waals surface area contributed by atoms with Crippen molar-refractivity contribution in [3.8, 4) is 6.07 Å². The zero-order chi connectivity index (χ0) is 15.7. The lowest BCUT2D eigenvalue weighted by atomic mass is 9.63. The van der Waals surface area contributed by atoms with E-state index in [1.165, 1.54) is 12.6 Å². The SMILES string of the molecule is CC1(C)CC(NC(=O)c2ccc(C#N)cn2)CC(C)(C)C1. The summed E-state index contributed by atoms with van der Waals surface area (Å²) in [4.78, 5) is 16.3. The number of nitrogens with one attached hydrogen (secondary N) is 1. The van der Waals surface area contributed by atoms with Crippen LogP contribution in [-0.2, 0) is 0 Å². The number of pyridine rings is 1. The summed E-state index contributed by atoms with van der Waals surface area (Å²) in [6.07, 6.45) is 4.57. The van der Waals surface area contributed by atoms with E-state index < -0.39 is 0 Å². The molecule has 0 bridgehead atoms. The number of nitrogens with zero attached hydrogens (tertiary/aromatic N) is 2. The van der Waals surface area contributed by atoms with Crippen LogP contribution >= 0.6 is 0 Å². The first-order chi connectivity index (χ1) is 9.71. The highest BCUT2D eigenvalue weighted by Gasteiger charge is 2.38. The Morgan fingerprint density at radius 1 is 1.29 bits per heavy atom. The predicted octanol–water partition coefficient (Wildman–Crippen LogP) is 3.29. The Kier molecular flexibility index (Phi) is 4.04. The topological polar surface area (TPSA) is 65.8 Å². The first-order valence-electron chi connectivity index (χ1n) is 7.38. The van der Waals surface area contributed by atoms with Crippen molar-refractivity contribution >= 4 is 5.91 Å². The van der Waals surface area contributed by atoms with Gasteiger partial charge >= 0.3 is 0 Å². The molecule has 0 spiro atoms. The highest BCUT2D eigenvalue weighted by atomic mass is 16.1. The van der Waals surface area contributed by atoms with Crippen LogP contribution in [-0.4, -0.2) is 16.9 Å². The summed E-state index contributed by atoms with van der Waals surface area (Å²) < 4.78 is 0. The van der Waals surface area contributed by atoms with Gasteiger partial charge in [0.05, 0.1) is 5.56 Å². The maximum Gasteiger partial charge on any atom is 0.270 e. The van der Waals surface area contributed by atoms with Crippen LogP contribution < -0.4 is 5.32 Å². The van der Waals surface area contributed by atoms with Gasteiger partial charge < -0.3 is 5.32 Å². The average molecular weight is 285 g/mol. The van der Waals surface area contributed by atoms with E-state index in [0.29, 0.717) is 11.3 Å². The summed E-state index contributed by atoms with van der Waals surface area (Å²) in [6, 6.07) is 5.40. The van der Waals surface area contributed by atoms with Crippen LogP contribution in [0.1, 0.15) is 63.0 Å². The Morgan fingerprint density at radius 3 is 2.38 bits per heavy atom. The van der Waals surface area contributed by atoms with E-state index in [9.17, 15) is 4.79 Å². The molecule has 0 aromatic carbocycles. The molecule has 0 unspecified atom stereocenters. The van der Waals surface area contributed by atoms with Crippen molar-refractivity contribution in [2.45, 2.75) is 53.0 Å². The lowest BCUT2D eigenvalue weighted by Crippen LogP contribution is -2.46. The summed E-state index contributed by atoms with van der Waals surface area (Å²) in [5.41, 5.74) is 1.30. The summed E-state index contributed by atoms with van der Waals surface area (Å²) in [7, 11) is 0. The van der Waals surface area contributed by atoms with Crippen LogP contribution in [0.3, 0.4) is 0 Å². The van der Waals surface area contributed by atoms with Gasteiger partial charge in [-0.1, -0.05) is 27.7 Å². The van der Waals surface area contributed by atoms with Crippen molar-refractivity contribution in [3.05, 3.63) is 29.6 Å². The second kappa shape index (κ2) is 5.48. The lowest BCUT2D eigenvalue weighted by Gasteiger charge is -2.45. The smallest absolute Gasteiger partial charge is 0.270 e. The predicted molar refractivity (Wildman–Crippen MR) is 81.6 cm³/mol. The monoisotopic (exact) mass is 285 g/mol. The molecule has 1 aromatic rings. The van der Waals surface area contributed by atoms with Crippen molar-refractivity contribution < 1.29 is 4.79 Å². The number of aromatic nitrogens is 1. The maximum atomic E-state index is 12.3. The Morgan fingerprint density at radius 2 is 1.90 bits per heavy atom. The fourth-order valence-corrected chi connectivity index (χ4v) is 3.80. The average Bonchev–Trinajstić information content (AvgIpc) is 2.35. The van der Waals surface area contributed by atoms with Crippen molar-refractivity contribution in [1.29, 1.82) is 5.26 Å². The van der Waals surface area contributed by atoms with Crippen molar-refractivity contribution in [1.82, 2.24) is 10.3 Å². The van der Waals surface area contributed by atoms with E-state index in [1.807, 2.05) is 6.07 Å². The van der Waals surface area contributed by atoms with Crippen LogP contribution in [0.5, 0.6) is 0 Å². The van der Waals surface area contributed by atoms with Gasteiger partial charge in [-0.2, -0.15) is 5.26 Å². The van der Waals surface area contributed by atoms with Gasteiger partial charge in [-0.25, -0.2) is 4.98 Å². The zero-order valence-corrected chi connectivity index (χ0v) is 13.2. The van der Waals surface area contributed by atoms with E-state index in [2.05, 4.69) is 38.0 Å². The normalized spacial score (nSPS) is 20.5. The zero-order valence-electron chi connectivity index (χ0n) is 13.2. The minimum Gasteiger partial charge on any atom is -0.348 e. The highest BCUT2D eigenvalue weighted by molar-refractivity contribution is 5.92. The molecule has 4 nitrogen and oxygen atoms in total. The van der Waals surface area contributed by atoms with Crippen LogP contribution in [0.15, 0.2) is 18.3 Å². The van der Waals surface area contributed by atoms with Gasteiger partial charge in [-0.3, -0.25) is 4.79 Å². The fourth-order valence-electron chi connectivity index (χ4n) is 3.80. The van der Waals surface area contributed by atoms with Gasteiger partial charge in [-0.05, 0) is 42.2 Å². The van der Waals surface area contributed by atoms with E-state index in [0.717, 1.165) is 12.8 Å². The summed E-state index contributed by atoms with van der Waals surface area (Å²) in [5, 5.41) is 11.9. The molecule has 0 radical (unpaired) electrons. The van der Waals surface area contributed by atoms with Crippen molar-refractivity contribution in [3.63, 3.8) is 0 Å². The van der Waals surface area contributed by atoms with E-state index >= 15 is 0 Å². The molecule has 1 heterocycles. The van der Waals surface area contributed by atoms with Gasteiger partial charge in [0.25, 0.3) is 5.91 Å². The molecule has 1 aliphatic carbocycles. The fraction of sp³-hybridized carbons (Fsp3) is 0.588. The first-order valence-corrected chi connectivity index (χ1v) is 7.38. The first kappa shape index (κ1) is 15.5. The molecule has 4 heteroatoms. The quantitative estimate of drug-likeness (QED) is 0.906. The second-order valence-electron chi connectivity index (χ2n) is 7.63. The molecule has 1 aliphatic rings. The largest absolute Gasteiger partial charge is 0.348 e. The molecule has 0 atom stereocenters. The molecule has 1 N–H and O–H groups in total. The number of rotatable bonds is 2. The Hall–Kier alpha value is -1.89. The van der Waals surface area contributed by atoms with Crippen LogP contribution in [0.4, 0.5) is 0 Å². The molecular weight excluding hydrogens is 262 g/mol. The molecular formula is C17H23N3O. The summed E-state index contributed by atoms with van der Waals surface area (Å²) >= 11 is 0. The Balaban J connectivity index is 2.06. The Labute approximate surface area is 126 Å². The number of carbonyl (C=O) groups excluding carboxylic acids is 1. The number of hydrogen-bond acceptors (Lipinski definition) is 3. The van der Waals surface area contributed by atoms with Gasteiger partial charge in [0, 0.05) is 12.2 Å². The van der Waals surface area contributed by atoms with Crippen LogP contribution in [0.2, 0.25) is 0 Å². The summed E-state index contributed by atoms with van der Waals surface area (Å²) in [5.74, 6) is -0.155. The number of amides is 1. The molecule has 1 amide bonds. The molecule has 0 saturated heterocycles. The van der Waals surface area contributed by atoms with Crippen LogP contribution in [0.25, 0.3) is 0 Å². The summed E-state index contributed by atoms with van der Waals surface area (Å²) in [6.45, 7) is 9.03. The van der Waals surface area contributed by atoms with E-state index in [-0.39, 0.29) is 22.8 Å². The third-order valence-electron chi connectivity index (χ3n) is 4.02. The Bertz CT molecular complexity index is 551. The molecule has 1 fully saturated rings. The van der Waals surface area contributed by atoms with Gasteiger partial charge in [-0.15, -0.1) is 0 Å². The highest BCUT2D eigenvalue weighted by Crippen LogP contribution is 2.45. The molecule has 1 saturated carbocycles. The van der Waals surface area contributed by atoms with E-state index in [1.54, 1.807) is 12.1 Å². The minimum atomic E-state index is -0.155. The third kappa shape index (κ3) is 4.04.